The van der Waals surface area contributed by atoms with Crippen molar-refractivity contribution < 1.29 is 14.3 Å². The standard InChI is InChI=1S/C12H9N3O4/c16-11(17)5-7-4-9(15-14-7)6-1-2-8-10(3-6)19-12(18)13-8/h1-4H,5H2,(H,13,18)(H,14,15)(H,16,17). The van der Waals surface area contributed by atoms with E-state index in [1.807, 2.05) is 0 Å². The van der Waals surface area contributed by atoms with Crippen LogP contribution in [0, 0.1) is 0 Å². The molecule has 0 saturated heterocycles. The van der Waals surface area contributed by atoms with E-state index in [0.29, 0.717) is 22.5 Å². The number of aromatic nitrogens is 3. The molecule has 0 amide bonds. The quantitative estimate of drug-likeness (QED) is 0.652. The molecule has 3 rings (SSSR count). The molecule has 0 saturated carbocycles. The Morgan fingerprint density at radius 3 is 3.00 bits per heavy atom. The first-order valence-electron chi connectivity index (χ1n) is 5.51. The fourth-order valence-corrected chi connectivity index (χ4v) is 1.87. The predicted octanol–water partition coefficient (Wildman–Crippen LogP) is 1.14. The second-order valence-electron chi connectivity index (χ2n) is 4.07. The third-order valence-corrected chi connectivity index (χ3v) is 2.69. The average molecular weight is 259 g/mol. The second kappa shape index (κ2) is 4.13. The van der Waals surface area contributed by atoms with E-state index in [1.54, 1.807) is 24.3 Å². The Morgan fingerprint density at radius 1 is 1.37 bits per heavy atom. The summed E-state index contributed by atoms with van der Waals surface area (Å²) in [6.07, 6.45) is -0.117. The molecule has 7 heteroatoms. The highest BCUT2D eigenvalue weighted by Crippen LogP contribution is 2.22. The van der Waals surface area contributed by atoms with Gasteiger partial charge in [0.1, 0.15) is 0 Å². The number of carboxylic acids is 1. The van der Waals surface area contributed by atoms with Gasteiger partial charge in [0.2, 0.25) is 0 Å². The van der Waals surface area contributed by atoms with Crippen LogP contribution in [0.15, 0.2) is 33.5 Å². The van der Waals surface area contributed by atoms with Crippen LogP contribution in [-0.4, -0.2) is 26.3 Å². The van der Waals surface area contributed by atoms with Crippen LogP contribution in [0.3, 0.4) is 0 Å². The summed E-state index contributed by atoms with van der Waals surface area (Å²) in [6, 6.07) is 6.81. The largest absolute Gasteiger partial charge is 0.481 e. The SMILES string of the molecule is O=C(O)Cc1cc(-c2ccc3[nH]c(=O)oc3c2)n[nH]1. The van der Waals surface area contributed by atoms with Gasteiger partial charge in [-0.05, 0) is 18.2 Å². The highest BCUT2D eigenvalue weighted by atomic mass is 16.4. The van der Waals surface area contributed by atoms with Gasteiger partial charge in [0.25, 0.3) is 0 Å². The third kappa shape index (κ3) is 2.13. The van der Waals surface area contributed by atoms with E-state index in [9.17, 15) is 9.59 Å². The van der Waals surface area contributed by atoms with Crippen molar-refractivity contribution in [3.05, 3.63) is 40.5 Å². The van der Waals surface area contributed by atoms with E-state index in [0.717, 1.165) is 5.56 Å². The van der Waals surface area contributed by atoms with Crippen molar-refractivity contribution in [2.75, 3.05) is 0 Å². The van der Waals surface area contributed by atoms with Gasteiger partial charge in [-0.2, -0.15) is 5.10 Å². The molecule has 19 heavy (non-hydrogen) atoms. The van der Waals surface area contributed by atoms with Gasteiger partial charge < -0.3 is 9.52 Å². The van der Waals surface area contributed by atoms with Crippen molar-refractivity contribution in [1.82, 2.24) is 15.2 Å². The molecule has 96 valence electrons. The lowest BCUT2D eigenvalue weighted by atomic mass is 10.1. The Balaban J connectivity index is 2.01. The number of oxazole rings is 1. The fraction of sp³-hybridized carbons (Fsp3) is 0.0833. The molecule has 7 nitrogen and oxygen atoms in total. The molecule has 0 atom stereocenters. The van der Waals surface area contributed by atoms with Gasteiger partial charge in [-0.1, -0.05) is 6.07 Å². The smallest absolute Gasteiger partial charge is 0.417 e. The summed E-state index contributed by atoms with van der Waals surface area (Å²) in [5.41, 5.74) is 2.89. The van der Waals surface area contributed by atoms with E-state index >= 15 is 0 Å². The molecule has 0 aliphatic carbocycles. The lowest BCUT2D eigenvalue weighted by Gasteiger charge is -1.94. The summed E-state index contributed by atoms with van der Waals surface area (Å²) >= 11 is 0. The van der Waals surface area contributed by atoms with Crippen molar-refractivity contribution in [3.8, 4) is 11.3 Å². The molecule has 0 bridgehead atoms. The molecule has 0 aliphatic heterocycles. The summed E-state index contributed by atoms with van der Waals surface area (Å²) in [7, 11) is 0. The number of aliphatic carboxylic acids is 1. The van der Waals surface area contributed by atoms with Crippen molar-refractivity contribution in [2.45, 2.75) is 6.42 Å². The molecule has 0 radical (unpaired) electrons. The molecular weight excluding hydrogens is 250 g/mol. The predicted molar refractivity (Wildman–Crippen MR) is 65.8 cm³/mol. The number of hydrogen-bond acceptors (Lipinski definition) is 4. The number of fused-ring (bicyclic) bond motifs is 1. The molecular formula is C12H9N3O4. The first-order chi connectivity index (χ1) is 9.11. The summed E-state index contributed by atoms with van der Waals surface area (Å²) in [5, 5.41) is 15.4. The van der Waals surface area contributed by atoms with Crippen LogP contribution < -0.4 is 5.76 Å². The zero-order valence-corrected chi connectivity index (χ0v) is 9.64. The van der Waals surface area contributed by atoms with Gasteiger partial charge in [0.15, 0.2) is 5.58 Å². The molecule has 0 aliphatic rings. The van der Waals surface area contributed by atoms with E-state index in [4.69, 9.17) is 9.52 Å². The first-order valence-corrected chi connectivity index (χ1v) is 5.51. The Morgan fingerprint density at radius 2 is 2.21 bits per heavy atom. The van der Waals surface area contributed by atoms with E-state index in [1.165, 1.54) is 0 Å². The van der Waals surface area contributed by atoms with Gasteiger partial charge in [0.05, 0.1) is 17.6 Å². The number of carbonyl (C=O) groups is 1. The molecule has 0 spiro atoms. The maximum Gasteiger partial charge on any atom is 0.417 e. The summed E-state index contributed by atoms with van der Waals surface area (Å²) in [6.45, 7) is 0. The number of benzene rings is 1. The van der Waals surface area contributed by atoms with Crippen LogP contribution in [0.25, 0.3) is 22.4 Å². The van der Waals surface area contributed by atoms with Gasteiger partial charge in [0, 0.05) is 11.3 Å². The summed E-state index contributed by atoms with van der Waals surface area (Å²) in [4.78, 5) is 24.2. The lowest BCUT2D eigenvalue weighted by Crippen LogP contribution is -1.99. The first kappa shape index (κ1) is 11.3. The van der Waals surface area contributed by atoms with Crippen LogP contribution in [0.5, 0.6) is 0 Å². The number of rotatable bonds is 3. The number of nitrogens with one attached hydrogen (secondary N) is 2. The molecule has 2 heterocycles. The lowest BCUT2D eigenvalue weighted by molar-refractivity contribution is -0.136. The molecule has 1 aromatic carbocycles. The number of carboxylic acid groups (broad SMARTS) is 1. The van der Waals surface area contributed by atoms with Gasteiger partial charge in [-0.15, -0.1) is 0 Å². The van der Waals surface area contributed by atoms with Crippen molar-refractivity contribution >= 4 is 17.1 Å². The molecule has 3 aromatic rings. The highest BCUT2D eigenvalue weighted by molar-refractivity contribution is 5.79. The molecule has 3 N–H and O–H groups in total. The fourth-order valence-electron chi connectivity index (χ4n) is 1.87. The van der Waals surface area contributed by atoms with Gasteiger partial charge in [-0.3, -0.25) is 14.9 Å². The molecule has 2 aromatic heterocycles. The highest BCUT2D eigenvalue weighted by Gasteiger charge is 2.09. The zero-order chi connectivity index (χ0) is 13.4. The number of nitrogens with zero attached hydrogens (tertiary/aromatic N) is 1. The number of hydrogen-bond donors (Lipinski definition) is 3. The minimum absolute atomic E-state index is 0.117. The Kier molecular flexibility index (Phi) is 2.45. The maximum absolute atomic E-state index is 11.1. The number of H-pyrrole nitrogens is 2. The maximum atomic E-state index is 11.1. The van der Waals surface area contributed by atoms with Crippen LogP contribution in [0.4, 0.5) is 0 Å². The Bertz CT molecular complexity index is 812. The van der Waals surface area contributed by atoms with E-state index < -0.39 is 11.7 Å². The normalized spacial score (nSPS) is 10.9. The van der Waals surface area contributed by atoms with Crippen LogP contribution in [0.1, 0.15) is 5.69 Å². The molecule has 0 fully saturated rings. The van der Waals surface area contributed by atoms with E-state index in [-0.39, 0.29) is 6.42 Å². The molecule has 0 unspecified atom stereocenters. The minimum atomic E-state index is -0.928. The monoisotopic (exact) mass is 259 g/mol. The summed E-state index contributed by atoms with van der Waals surface area (Å²) in [5.74, 6) is -1.44. The second-order valence-corrected chi connectivity index (χ2v) is 4.07. The van der Waals surface area contributed by atoms with Crippen molar-refractivity contribution in [1.29, 1.82) is 0 Å². The van der Waals surface area contributed by atoms with Crippen LogP contribution in [-0.2, 0) is 11.2 Å². The van der Waals surface area contributed by atoms with E-state index in [2.05, 4.69) is 15.2 Å². The van der Waals surface area contributed by atoms with Gasteiger partial charge >= 0.3 is 11.7 Å². The van der Waals surface area contributed by atoms with Crippen LogP contribution in [0.2, 0.25) is 0 Å². The minimum Gasteiger partial charge on any atom is -0.481 e. The van der Waals surface area contributed by atoms with Crippen molar-refractivity contribution in [2.24, 2.45) is 0 Å². The third-order valence-electron chi connectivity index (χ3n) is 2.69. The van der Waals surface area contributed by atoms with Crippen LogP contribution >= 0.6 is 0 Å². The number of aromatic amines is 2. The van der Waals surface area contributed by atoms with Gasteiger partial charge in [-0.25, -0.2) is 4.79 Å². The Labute approximate surface area is 105 Å². The zero-order valence-electron chi connectivity index (χ0n) is 9.64. The Hall–Kier alpha value is -2.83. The van der Waals surface area contributed by atoms with Crippen molar-refractivity contribution in [3.63, 3.8) is 0 Å². The summed E-state index contributed by atoms with van der Waals surface area (Å²) < 4.78 is 4.96. The topological polar surface area (TPSA) is 112 Å². The average Bonchev–Trinajstić information content (AvgIpc) is 2.92.